The maximum Gasteiger partial charge on any atom is 0.217 e. The number of anilines is 1. The van der Waals surface area contributed by atoms with Crippen molar-refractivity contribution in [1.29, 1.82) is 0 Å². The maximum absolute atomic E-state index is 12.5. The number of rotatable bonds is 3. The lowest BCUT2D eigenvalue weighted by molar-refractivity contribution is 0.103. The van der Waals surface area contributed by atoms with E-state index in [0.717, 1.165) is 36.2 Å². The van der Waals surface area contributed by atoms with E-state index in [4.69, 9.17) is 0 Å². The van der Waals surface area contributed by atoms with Gasteiger partial charge in [-0.1, -0.05) is 21.1 Å². The summed E-state index contributed by atoms with van der Waals surface area (Å²) in [4.78, 5) is 14.7. The highest BCUT2D eigenvalue weighted by molar-refractivity contribution is 9.10. The number of nitrogens with one attached hydrogen (secondary N) is 1. The summed E-state index contributed by atoms with van der Waals surface area (Å²) in [5.74, 6) is 0.657. The first-order chi connectivity index (χ1) is 9.75. The molecule has 1 N–H and O–H groups in total. The van der Waals surface area contributed by atoms with Gasteiger partial charge in [0.15, 0.2) is 11.5 Å². The first-order valence-corrected chi connectivity index (χ1v) is 7.51. The van der Waals surface area contributed by atoms with E-state index in [1.165, 1.54) is 6.42 Å². The lowest BCUT2D eigenvalue weighted by atomic mass is 10.1. The van der Waals surface area contributed by atoms with Crippen molar-refractivity contribution in [3.8, 4) is 0 Å². The van der Waals surface area contributed by atoms with Crippen molar-refractivity contribution < 1.29 is 4.79 Å². The summed E-state index contributed by atoms with van der Waals surface area (Å²) < 4.78 is 0.949. The molecule has 0 atom stereocenters. The highest BCUT2D eigenvalue weighted by atomic mass is 79.9. The topological polar surface area (TPSA) is 61.9 Å². The number of hydrogen-bond acceptors (Lipinski definition) is 4. The van der Waals surface area contributed by atoms with Crippen molar-refractivity contribution in [3.05, 3.63) is 40.0 Å². The summed E-state index contributed by atoms with van der Waals surface area (Å²) >= 11 is 3.37. The van der Waals surface area contributed by atoms with E-state index in [1.54, 1.807) is 12.1 Å². The molecule has 0 aliphatic carbocycles. The maximum atomic E-state index is 12.5. The number of piperidine rings is 1. The van der Waals surface area contributed by atoms with Crippen molar-refractivity contribution in [2.45, 2.75) is 19.3 Å². The second-order valence-electron chi connectivity index (χ2n) is 4.89. The van der Waals surface area contributed by atoms with Gasteiger partial charge in [0.1, 0.15) is 0 Å². The minimum Gasteiger partial charge on any atom is -0.355 e. The lowest BCUT2D eigenvalue weighted by Gasteiger charge is -2.27. The van der Waals surface area contributed by atoms with Gasteiger partial charge < -0.3 is 4.90 Å². The average molecular weight is 335 g/mol. The van der Waals surface area contributed by atoms with Crippen molar-refractivity contribution >= 4 is 27.5 Å². The molecule has 0 bridgehead atoms. The third-order valence-corrected chi connectivity index (χ3v) is 4.05. The van der Waals surface area contributed by atoms with Crippen LogP contribution in [0.3, 0.4) is 0 Å². The molecule has 2 aromatic rings. The first-order valence-electron chi connectivity index (χ1n) is 6.72. The molecule has 3 rings (SSSR count). The van der Waals surface area contributed by atoms with E-state index in [1.807, 2.05) is 12.1 Å². The monoisotopic (exact) mass is 334 g/mol. The van der Waals surface area contributed by atoms with E-state index >= 15 is 0 Å². The summed E-state index contributed by atoms with van der Waals surface area (Å²) in [5, 5.41) is 10.7. The van der Waals surface area contributed by atoms with Crippen molar-refractivity contribution in [2.75, 3.05) is 18.0 Å². The van der Waals surface area contributed by atoms with Crippen molar-refractivity contribution in [2.24, 2.45) is 0 Å². The molecule has 0 amide bonds. The minimum absolute atomic E-state index is 0.0909. The van der Waals surface area contributed by atoms with Crippen LogP contribution in [-0.2, 0) is 0 Å². The Morgan fingerprint density at radius 2 is 1.85 bits per heavy atom. The first kappa shape index (κ1) is 13.3. The zero-order valence-corrected chi connectivity index (χ0v) is 12.6. The number of aromatic amines is 1. The zero-order valence-electron chi connectivity index (χ0n) is 11.0. The Balaban J connectivity index is 1.88. The van der Waals surface area contributed by atoms with Crippen LogP contribution in [0.4, 0.5) is 5.82 Å². The van der Waals surface area contributed by atoms with Crippen LogP contribution in [-0.4, -0.2) is 34.3 Å². The van der Waals surface area contributed by atoms with Crippen LogP contribution in [0.25, 0.3) is 0 Å². The number of benzene rings is 1. The molecule has 1 saturated heterocycles. The molecule has 104 valence electrons. The molecule has 1 aromatic heterocycles. The number of carbonyl (C=O) groups excluding carboxylic acids is 1. The van der Waals surface area contributed by atoms with Gasteiger partial charge in [-0.05, 0) is 43.5 Å². The smallest absolute Gasteiger partial charge is 0.217 e. The van der Waals surface area contributed by atoms with Gasteiger partial charge in [0, 0.05) is 23.1 Å². The van der Waals surface area contributed by atoms with Crippen LogP contribution in [0.5, 0.6) is 0 Å². The second-order valence-corrected chi connectivity index (χ2v) is 5.81. The molecule has 0 radical (unpaired) electrons. The fraction of sp³-hybridized carbons (Fsp3) is 0.357. The van der Waals surface area contributed by atoms with Crippen LogP contribution in [0.15, 0.2) is 28.7 Å². The van der Waals surface area contributed by atoms with E-state index in [9.17, 15) is 4.79 Å². The van der Waals surface area contributed by atoms with E-state index < -0.39 is 0 Å². The standard InChI is InChI=1S/C14H15BrN4O/c15-11-6-4-10(5-7-11)13(20)12-14(17-18-16-12)19-8-2-1-3-9-19/h4-7H,1-3,8-9H2,(H,16,17,18). The molecule has 0 unspecified atom stereocenters. The summed E-state index contributed by atoms with van der Waals surface area (Å²) in [7, 11) is 0. The molecule has 20 heavy (non-hydrogen) atoms. The summed E-state index contributed by atoms with van der Waals surface area (Å²) in [6.07, 6.45) is 3.53. The molecule has 5 nitrogen and oxygen atoms in total. The van der Waals surface area contributed by atoms with Crippen molar-refractivity contribution in [1.82, 2.24) is 15.4 Å². The quantitative estimate of drug-likeness (QED) is 0.876. The van der Waals surface area contributed by atoms with Crippen LogP contribution >= 0.6 is 15.9 Å². The van der Waals surface area contributed by atoms with E-state index in [0.29, 0.717) is 11.3 Å². The Labute approximate surface area is 125 Å². The van der Waals surface area contributed by atoms with Crippen LogP contribution in [0.1, 0.15) is 35.3 Å². The number of halogens is 1. The predicted octanol–water partition coefficient (Wildman–Crippen LogP) is 2.79. The lowest BCUT2D eigenvalue weighted by Crippen LogP contribution is -2.31. The molecular formula is C14H15BrN4O. The molecule has 0 saturated carbocycles. The van der Waals surface area contributed by atoms with Crippen molar-refractivity contribution in [3.63, 3.8) is 0 Å². The molecule has 6 heteroatoms. The van der Waals surface area contributed by atoms with E-state index in [2.05, 4.69) is 36.2 Å². The zero-order chi connectivity index (χ0) is 13.9. The number of H-pyrrole nitrogens is 1. The molecular weight excluding hydrogens is 320 g/mol. The van der Waals surface area contributed by atoms with Gasteiger partial charge in [0.25, 0.3) is 0 Å². The van der Waals surface area contributed by atoms with Crippen LogP contribution in [0, 0.1) is 0 Å². The Kier molecular flexibility index (Phi) is 3.82. The SMILES string of the molecule is O=C(c1ccc(Br)cc1)c1nn[nH]c1N1CCCCC1. The van der Waals surface area contributed by atoms with Gasteiger partial charge in [-0.3, -0.25) is 4.79 Å². The number of ketones is 1. The fourth-order valence-corrected chi connectivity index (χ4v) is 2.72. The molecule has 1 aliphatic heterocycles. The molecule has 0 spiro atoms. The second kappa shape index (κ2) is 5.75. The van der Waals surface area contributed by atoms with Gasteiger partial charge in [-0.25, -0.2) is 5.10 Å². The Hall–Kier alpha value is -1.69. The summed E-state index contributed by atoms with van der Waals surface area (Å²) in [6.45, 7) is 1.90. The highest BCUT2D eigenvalue weighted by Crippen LogP contribution is 2.22. The number of aromatic nitrogens is 3. The van der Waals surface area contributed by atoms with Crippen LogP contribution < -0.4 is 4.90 Å². The van der Waals surface area contributed by atoms with E-state index in [-0.39, 0.29) is 5.78 Å². The number of hydrogen-bond donors (Lipinski definition) is 1. The Bertz CT molecular complexity index is 602. The normalized spacial score (nSPS) is 15.3. The van der Waals surface area contributed by atoms with Gasteiger partial charge >= 0.3 is 0 Å². The van der Waals surface area contributed by atoms with Gasteiger partial charge in [-0.15, -0.1) is 5.10 Å². The Morgan fingerprint density at radius 3 is 2.55 bits per heavy atom. The van der Waals surface area contributed by atoms with Gasteiger partial charge in [0.2, 0.25) is 5.78 Å². The molecule has 2 heterocycles. The third kappa shape index (κ3) is 2.60. The highest BCUT2D eigenvalue weighted by Gasteiger charge is 2.23. The average Bonchev–Trinajstić information content (AvgIpc) is 2.97. The molecule has 1 fully saturated rings. The largest absolute Gasteiger partial charge is 0.355 e. The van der Waals surface area contributed by atoms with Crippen LogP contribution in [0.2, 0.25) is 0 Å². The molecule has 1 aromatic carbocycles. The third-order valence-electron chi connectivity index (χ3n) is 3.52. The minimum atomic E-state index is -0.0909. The number of carbonyl (C=O) groups is 1. The number of nitrogens with zero attached hydrogens (tertiary/aromatic N) is 3. The predicted molar refractivity (Wildman–Crippen MR) is 80.0 cm³/mol. The Morgan fingerprint density at radius 1 is 1.15 bits per heavy atom. The summed E-state index contributed by atoms with van der Waals surface area (Å²) in [6, 6.07) is 7.30. The van der Waals surface area contributed by atoms with Gasteiger partial charge in [-0.2, -0.15) is 0 Å². The fourth-order valence-electron chi connectivity index (χ4n) is 2.45. The summed E-state index contributed by atoms with van der Waals surface area (Å²) in [5.41, 5.74) is 1.04. The van der Waals surface area contributed by atoms with Gasteiger partial charge in [0.05, 0.1) is 0 Å². The molecule has 1 aliphatic rings.